The molecule has 0 amide bonds. The van der Waals surface area contributed by atoms with Crippen LogP contribution in [0.5, 0.6) is 0 Å². The molecule has 0 aliphatic heterocycles. The molecular weight excluding hydrogens is 407 g/mol. The van der Waals surface area contributed by atoms with Gasteiger partial charge in [0.2, 0.25) is 0 Å². The largest absolute Gasteiger partial charge is 0.318 e. The highest BCUT2D eigenvalue weighted by atomic mass is 19.1. The third-order valence-corrected chi connectivity index (χ3v) is 5.28. The molecule has 32 heavy (non-hydrogen) atoms. The average Bonchev–Trinajstić information content (AvgIpc) is 3.49. The van der Waals surface area contributed by atoms with Gasteiger partial charge in [0, 0.05) is 41.8 Å². The van der Waals surface area contributed by atoms with Crippen LogP contribution in [0.1, 0.15) is 5.69 Å². The first kappa shape index (κ1) is 20.0. The third-order valence-electron chi connectivity index (χ3n) is 5.28. The highest BCUT2D eigenvalue weighted by Crippen LogP contribution is 2.30. The van der Waals surface area contributed by atoms with Crippen LogP contribution in [0.2, 0.25) is 0 Å². The van der Waals surface area contributed by atoms with Crippen LogP contribution in [0.15, 0.2) is 55.1 Å². The lowest BCUT2D eigenvalue weighted by Crippen LogP contribution is -2.14. The Kier molecular flexibility index (Phi) is 5.16. The quantitative estimate of drug-likeness (QED) is 0.429. The number of hydrogen-bond donors (Lipinski definition) is 2. The summed E-state index contributed by atoms with van der Waals surface area (Å²) < 4.78 is 15.6. The van der Waals surface area contributed by atoms with E-state index in [-0.39, 0.29) is 5.82 Å². The number of halogens is 1. The van der Waals surface area contributed by atoms with Gasteiger partial charge in [-0.25, -0.2) is 14.4 Å². The molecule has 0 aliphatic carbocycles. The predicted octanol–water partition coefficient (Wildman–Crippen LogP) is 3.61. The van der Waals surface area contributed by atoms with Gasteiger partial charge in [-0.3, -0.25) is 14.8 Å². The van der Waals surface area contributed by atoms with E-state index in [1.165, 1.54) is 6.07 Å². The van der Waals surface area contributed by atoms with Crippen LogP contribution >= 0.6 is 0 Å². The molecule has 0 aliphatic rings. The Bertz CT molecular complexity index is 1400. The summed E-state index contributed by atoms with van der Waals surface area (Å²) in [5.41, 5.74) is 6.53. The van der Waals surface area contributed by atoms with Crippen molar-refractivity contribution in [3.8, 4) is 33.8 Å². The number of aromatic amines is 1. The van der Waals surface area contributed by atoms with Gasteiger partial charge in [0.15, 0.2) is 0 Å². The normalized spacial score (nSPS) is 11.3. The minimum Gasteiger partial charge on any atom is -0.318 e. The molecule has 8 nitrogen and oxygen atoms in total. The van der Waals surface area contributed by atoms with E-state index >= 15 is 0 Å². The molecule has 0 bridgehead atoms. The molecule has 5 aromatic rings. The lowest BCUT2D eigenvalue weighted by molar-refractivity contribution is 0.585. The maximum Gasteiger partial charge on any atom is 0.144 e. The van der Waals surface area contributed by atoms with E-state index in [2.05, 4.69) is 30.6 Å². The van der Waals surface area contributed by atoms with Gasteiger partial charge < -0.3 is 5.32 Å². The first-order chi connectivity index (χ1) is 15.6. The summed E-state index contributed by atoms with van der Waals surface area (Å²) in [5.74, 6) is -0.345. The van der Waals surface area contributed by atoms with Crippen molar-refractivity contribution in [3.63, 3.8) is 0 Å². The van der Waals surface area contributed by atoms with Crippen molar-refractivity contribution >= 4 is 11.0 Å². The smallest absolute Gasteiger partial charge is 0.144 e. The molecule has 9 heteroatoms. The number of aryl methyl sites for hydroxylation is 1. The van der Waals surface area contributed by atoms with E-state index < -0.39 is 0 Å². The monoisotopic (exact) mass is 428 g/mol. The van der Waals surface area contributed by atoms with Crippen LogP contribution in [-0.4, -0.2) is 48.5 Å². The van der Waals surface area contributed by atoms with E-state index in [1.807, 2.05) is 48.5 Å². The zero-order valence-corrected chi connectivity index (χ0v) is 17.7. The van der Waals surface area contributed by atoms with Gasteiger partial charge in [0.05, 0.1) is 40.9 Å². The molecule has 0 radical (unpaired) electrons. The number of likely N-dealkylation sites (N-methyl/N-ethyl adjacent to an activating group) is 1. The molecule has 0 spiro atoms. The first-order valence-corrected chi connectivity index (χ1v) is 10.2. The Hall–Kier alpha value is -3.98. The van der Waals surface area contributed by atoms with Gasteiger partial charge in [-0.05, 0) is 44.3 Å². The zero-order chi connectivity index (χ0) is 22.1. The molecular formula is C23H21FN8. The van der Waals surface area contributed by atoms with E-state index in [0.717, 1.165) is 46.5 Å². The van der Waals surface area contributed by atoms with Crippen LogP contribution in [0, 0.1) is 12.7 Å². The molecule has 5 rings (SSSR count). The summed E-state index contributed by atoms with van der Waals surface area (Å²) in [6.45, 7) is 3.27. The Morgan fingerprint density at radius 1 is 1.03 bits per heavy atom. The van der Waals surface area contributed by atoms with Crippen LogP contribution in [0.25, 0.3) is 44.8 Å². The summed E-state index contributed by atoms with van der Waals surface area (Å²) in [4.78, 5) is 13.7. The molecule has 0 saturated carbocycles. The summed E-state index contributed by atoms with van der Waals surface area (Å²) in [6.07, 6.45) is 7.43. The van der Waals surface area contributed by atoms with Gasteiger partial charge in [0.25, 0.3) is 0 Å². The highest BCUT2D eigenvalue weighted by molar-refractivity contribution is 5.84. The average molecular weight is 428 g/mol. The van der Waals surface area contributed by atoms with Crippen molar-refractivity contribution in [2.75, 3.05) is 13.6 Å². The Labute approximate surface area is 183 Å². The molecule has 0 unspecified atom stereocenters. The van der Waals surface area contributed by atoms with Crippen molar-refractivity contribution < 1.29 is 4.39 Å². The lowest BCUT2D eigenvalue weighted by atomic mass is 10.1. The van der Waals surface area contributed by atoms with Crippen LogP contribution in [0.4, 0.5) is 4.39 Å². The van der Waals surface area contributed by atoms with Crippen molar-refractivity contribution in [3.05, 3.63) is 66.6 Å². The number of rotatable bonds is 6. The molecule has 5 aromatic heterocycles. The standard InChI is InChI=1S/C23H21FN8/c1-14-18(24)3-4-21(29-14)23-17(12-27-31-23)19-5-6-20-22(30-19)9-15(10-26-20)16-11-28-32(13-16)8-7-25-2/h3-6,9-13,25H,7-8H2,1-2H3,(H,27,31). The van der Waals surface area contributed by atoms with Gasteiger partial charge >= 0.3 is 0 Å². The number of nitrogens with zero attached hydrogens (tertiary/aromatic N) is 6. The second-order valence-corrected chi connectivity index (χ2v) is 7.47. The topological polar surface area (TPSA) is 97.2 Å². The number of H-pyrrole nitrogens is 1. The maximum absolute atomic E-state index is 13.7. The second kappa shape index (κ2) is 8.27. The fourth-order valence-electron chi connectivity index (χ4n) is 3.53. The summed E-state index contributed by atoms with van der Waals surface area (Å²) in [7, 11) is 1.92. The van der Waals surface area contributed by atoms with Crippen molar-refractivity contribution in [1.82, 2.24) is 40.2 Å². The maximum atomic E-state index is 13.7. The van der Waals surface area contributed by atoms with E-state index in [9.17, 15) is 4.39 Å². The summed E-state index contributed by atoms with van der Waals surface area (Å²) >= 11 is 0. The Balaban J connectivity index is 1.52. The van der Waals surface area contributed by atoms with Gasteiger partial charge in [0.1, 0.15) is 11.5 Å². The second-order valence-electron chi connectivity index (χ2n) is 7.47. The molecule has 5 heterocycles. The number of nitrogens with one attached hydrogen (secondary N) is 2. The number of fused-ring (bicyclic) bond motifs is 1. The first-order valence-electron chi connectivity index (χ1n) is 10.2. The molecule has 160 valence electrons. The SMILES string of the molecule is CNCCn1cc(-c2cnc3ccc(-c4c[nH]nc4-c4ccc(F)c(C)n4)nc3c2)cn1. The summed E-state index contributed by atoms with van der Waals surface area (Å²) in [6, 6.07) is 8.85. The van der Waals surface area contributed by atoms with Crippen molar-refractivity contribution in [2.24, 2.45) is 0 Å². The molecule has 2 N–H and O–H groups in total. The van der Waals surface area contributed by atoms with Gasteiger partial charge in [-0.1, -0.05) is 0 Å². The van der Waals surface area contributed by atoms with Gasteiger partial charge in [-0.2, -0.15) is 10.2 Å². The third kappa shape index (κ3) is 3.74. The van der Waals surface area contributed by atoms with Crippen molar-refractivity contribution in [2.45, 2.75) is 13.5 Å². The fourth-order valence-corrected chi connectivity index (χ4v) is 3.53. The predicted molar refractivity (Wildman–Crippen MR) is 120 cm³/mol. The van der Waals surface area contributed by atoms with Gasteiger partial charge in [-0.15, -0.1) is 0 Å². The van der Waals surface area contributed by atoms with Crippen LogP contribution in [0.3, 0.4) is 0 Å². The number of hydrogen-bond acceptors (Lipinski definition) is 6. The van der Waals surface area contributed by atoms with Crippen LogP contribution in [-0.2, 0) is 6.54 Å². The minimum absolute atomic E-state index is 0.326. The molecule has 0 aromatic carbocycles. The van der Waals surface area contributed by atoms with Crippen LogP contribution < -0.4 is 5.32 Å². The molecule has 0 fully saturated rings. The lowest BCUT2D eigenvalue weighted by Gasteiger charge is -2.06. The van der Waals surface area contributed by atoms with E-state index in [1.54, 1.807) is 19.2 Å². The number of pyridine rings is 3. The van der Waals surface area contributed by atoms with E-state index in [0.29, 0.717) is 17.1 Å². The summed E-state index contributed by atoms with van der Waals surface area (Å²) in [5, 5.41) is 14.7. The highest BCUT2D eigenvalue weighted by Gasteiger charge is 2.15. The Morgan fingerprint density at radius 3 is 2.75 bits per heavy atom. The molecule has 0 atom stereocenters. The number of aromatic nitrogens is 7. The molecule has 0 saturated heterocycles. The fraction of sp³-hybridized carbons (Fsp3) is 0.174. The minimum atomic E-state index is -0.345. The Morgan fingerprint density at radius 2 is 1.91 bits per heavy atom. The zero-order valence-electron chi connectivity index (χ0n) is 17.7. The van der Waals surface area contributed by atoms with E-state index in [4.69, 9.17) is 4.98 Å². The van der Waals surface area contributed by atoms with Crippen molar-refractivity contribution in [1.29, 1.82) is 0 Å².